The van der Waals surface area contributed by atoms with Crippen molar-refractivity contribution in [3.8, 4) is 11.3 Å². The molecule has 1 fully saturated rings. The van der Waals surface area contributed by atoms with Gasteiger partial charge in [-0.15, -0.1) is 16.4 Å². The molecule has 0 radical (unpaired) electrons. The highest BCUT2D eigenvalue weighted by molar-refractivity contribution is 9.10. The van der Waals surface area contributed by atoms with E-state index in [2.05, 4.69) is 31.4 Å². The highest BCUT2D eigenvalue weighted by atomic mass is 79.9. The van der Waals surface area contributed by atoms with Gasteiger partial charge in [0, 0.05) is 32.3 Å². The molecule has 0 saturated carbocycles. The number of hydrazone groups is 1. The van der Waals surface area contributed by atoms with Gasteiger partial charge in [0.05, 0.1) is 23.6 Å². The number of carbonyl (C=O) groups excluding carboxylic acids is 2. The second kappa shape index (κ2) is 9.30. The van der Waals surface area contributed by atoms with E-state index in [9.17, 15) is 9.59 Å². The van der Waals surface area contributed by atoms with Crippen LogP contribution in [-0.2, 0) is 16.0 Å². The van der Waals surface area contributed by atoms with Crippen LogP contribution < -0.4 is 10.3 Å². The maximum atomic E-state index is 12.6. The number of rotatable bonds is 5. The van der Waals surface area contributed by atoms with Crippen LogP contribution in [0.15, 0.2) is 69.7 Å². The molecule has 0 unspecified atom stereocenters. The van der Waals surface area contributed by atoms with Crippen LogP contribution in [0.3, 0.4) is 0 Å². The SMILES string of the molecule is O=C(Cc1csc2nc(-c3ccc(Br)cc3)cn12)N/N=C1\SCC(=O)N1c1ccc(Cl)cc1. The molecule has 5 rings (SSSR count). The summed E-state index contributed by atoms with van der Waals surface area (Å²) in [4.78, 5) is 31.9. The van der Waals surface area contributed by atoms with Crippen molar-refractivity contribution in [1.82, 2.24) is 14.8 Å². The number of carbonyl (C=O) groups is 2. The average molecular weight is 561 g/mol. The Hall–Kier alpha value is -2.66. The number of nitrogens with one attached hydrogen (secondary N) is 1. The first kappa shape index (κ1) is 22.1. The minimum atomic E-state index is -0.280. The summed E-state index contributed by atoms with van der Waals surface area (Å²) in [6, 6.07) is 14.8. The van der Waals surface area contributed by atoms with Crippen LogP contribution in [0.25, 0.3) is 16.2 Å². The van der Waals surface area contributed by atoms with Gasteiger partial charge in [0.15, 0.2) is 10.1 Å². The van der Waals surface area contributed by atoms with Gasteiger partial charge in [-0.3, -0.25) is 18.9 Å². The van der Waals surface area contributed by atoms with Crippen LogP contribution in [-0.4, -0.2) is 32.1 Å². The van der Waals surface area contributed by atoms with E-state index in [1.54, 1.807) is 24.3 Å². The summed E-state index contributed by atoms with van der Waals surface area (Å²) in [7, 11) is 0. The number of nitrogens with zero attached hydrogens (tertiary/aromatic N) is 4. The molecule has 2 amide bonds. The van der Waals surface area contributed by atoms with Gasteiger partial charge in [0.1, 0.15) is 0 Å². The lowest BCUT2D eigenvalue weighted by molar-refractivity contribution is -0.120. The first-order chi connectivity index (χ1) is 16.0. The predicted octanol–water partition coefficient (Wildman–Crippen LogP) is 5.19. The van der Waals surface area contributed by atoms with Crippen LogP contribution in [0.5, 0.6) is 0 Å². The zero-order chi connectivity index (χ0) is 22.9. The van der Waals surface area contributed by atoms with Gasteiger partial charge in [-0.2, -0.15) is 0 Å². The van der Waals surface area contributed by atoms with Crippen LogP contribution >= 0.6 is 50.6 Å². The molecule has 0 spiro atoms. The summed E-state index contributed by atoms with van der Waals surface area (Å²) in [6.45, 7) is 0. The molecule has 1 aliphatic rings. The maximum absolute atomic E-state index is 12.6. The lowest BCUT2D eigenvalue weighted by Gasteiger charge is -2.15. The fourth-order valence-corrected chi connectivity index (χ4v) is 5.41. The second-order valence-corrected chi connectivity index (χ2v) is 10.2. The van der Waals surface area contributed by atoms with Gasteiger partial charge in [-0.05, 0) is 36.4 Å². The van der Waals surface area contributed by atoms with Crippen molar-refractivity contribution in [1.29, 1.82) is 0 Å². The summed E-state index contributed by atoms with van der Waals surface area (Å²) in [5.41, 5.74) is 5.89. The number of anilines is 1. The fraction of sp³-hybridized carbons (Fsp3) is 0.0909. The maximum Gasteiger partial charge on any atom is 0.246 e. The summed E-state index contributed by atoms with van der Waals surface area (Å²) in [5, 5.41) is 7.11. The van der Waals surface area contributed by atoms with Crippen molar-refractivity contribution in [2.45, 2.75) is 6.42 Å². The fourth-order valence-electron chi connectivity index (χ4n) is 3.32. The Labute approximate surface area is 210 Å². The van der Waals surface area contributed by atoms with Crippen LogP contribution in [0.1, 0.15) is 5.69 Å². The number of imidazole rings is 1. The number of hydrogen-bond acceptors (Lipinski definition) is 6. The Morgan fingerprint density at radius 3 is 2.70 bits per heavy atom. The predicted molar refractivity (Wildman–Crippen MR) is 137 cm³/mol. The third-order valence-corrected chi connectivity index (χ3v) is 7.48. The van der Waals surface area contributed by atoms with E-state index in [4.69, 9.17) is 11.6 Å². The highest BCUT2D eigenvalue weighted by Gasteiger charge is 2.30. The molecular weight excluding hydrogens is 546 g/mol. The van der Waals surface area contributed by atoms with Crippen molar-refractivity contribution >= 4 is 78.3 Å². The molecule has 0 aliphatic carbocycles. The van der Waals surface area contributed by atoms with Crippen molar-refractivity contribution in [2.75, 3.05) is 10.7 Å². The monoisotopic (exact) mass is 559 g/mol. The van der Waals surface area contributed by atoms with E-state index in [0.717, 1.165) is 26.4 Å². The third kappa shape index (κ3) is 4.70. The van der Waals surface area contributed by atoms with Crippen LogP contribution in [0, 0.1) is 0 Å². The largest absolute Gasteiger partial charge is 0.294 e. The molecule has 1 saturated heterocycles. The van der Waals surface area contributed by atoms with Gasteiger partial charge in [0.25, 0.3) is 0 Å². The van der Waals surface area contributed by atoms with Gasteiger partial charge in [-0.25, -0.2) is 10.4 Å². The Balaban J connectivity index is 1.30. The van der Waals surface area contributed by atoms with Crippen LogP contribution in [0.2, 0.25) is 5.02 Å². The zero-order valence-electron chi connectivity index (χ0n) is 16.9. The first-order valence-electron chi connectivity index (χ1n) is 9.77. The molecule has 2 aromatic carbocycles. The number of benzene rings is 2. The van der Waals surface area contributed by atoms with Gasteiger partial charge in [0.2, 0.25) is 11.8 Å². The van der Waals surface area contributed by atoms with Crippen molar-refractivity contribution in [3.63, 3.8) is 0 Å². The Morgan fingerprint density at radius 2 is 1.94 bits per heavy atom. The number of fused-ring (bicyclic) bond motifs is 1. The van der Waals surface area contributed by atoms with E-state index in [0.29, 0.717) is 15.9 Å². The molecular formula is C22H15BrClN5O2S2. The molecule has 0 bridgehead atoms. The Kier molecular flexibility index (Phi) is 6.24. The molecule has 11 heteroatoms. The lowest BCUT2D eigenvalue weighted by Crippen LogP contribution is -2.31. The zero-order valence-corrected chi connectivity index (χ0v) is 20.8. The molecule has 4 aromatic rings. The molecule has 0 atom stereocenters. The topological polar surface area (TPSA) is 79.1 Å². The third-order valence-electron chi connectivity index (χ3n) is 4.89. The number of thioether (sulfide) groups is 1. The number of amides is 2. The summed E-state index contributed by atoms with van der Waals surface area (Å²) in [5.74, 6) is -0.123. The van der Waals surface area contributed by atoms with Crippen molar-refractivity contribution < 1.29 is 9.59 Å². The van der Waals surface area contributed by atoms with Crippen LogP contribution in [0.4, 0.5) is 5.69 Å². The molecule has 1 N–H and O–H groups in total. The quantitative estimate of drug-likeness (QED) is 0.341. The molecule has 166 valence electrons. The Bertz CT molecular complexity index is 1380. The lowest BCUT2D eigenvalue weighted by atomic mass is 10.2. The van der Waals surface area contributed by atoms with Crippen molar-refractivity contribution in [3.05, 3.63) is 75.3 Å². The number of thiazole rings is 1. The van der Waals surface area contributed by atoms with Gasteiger partial charge >= 0.3 is 0 Å². The molecule has 3 heterocycles. The molecule has 1 aliphatic heterocycles. The van der Waals surface area contributed by atoms with E-state index < -0.39 is 0 Å². The smallest absolute Gasteiger partial charge is 0.246 e. The number of hydrogen-bond donors (Lipinski definition) is 1. The minimum Gasteiger partial charge on any atom is -0.294 e. The minimum absolute atomic E-state index is 0.103. The standard InChI is InChI=1S/C22H15BrClN5O2S2/c23-14-3-1-13(2-4-14)18-10-28-17(11-32-21(28)25-18)9-19(30)26-27-22-29(20(31)12-33-22)16-7-5-15(24)6-8-16/h1-8,10-11H,9,12H2,(H,26,30)/b27-22-. The summed E-state index contributed by atoms with van der Waals surface area (Å²) in [6.07, 6.45) is 2.06. The highest BCUT2D eigenvalue weighted by Crippen LogP contribution is 2.28. The Morgan fingerprint density at radius 1 is 1.18 bits per heavy atom. The molecule has 33 heavy (non-hydrogen) atoms. The normalized spacial score (nSPS) is 15.0. The average Bonchev–Trinajstić information content (AvgIpc) is 3.49. The molecule has 2 aromatic heterocycles. The molecule has 7 nitrogen and oxygen atoms in total. The number of halogens is 2. The van der Waals surface area contributed by atoms with Gasteiger partial charge < -0.3 is 0 Å². The van der Waals surface area contributed by atoms with Crippen molar-refractivity contribution in [2.24, 2.45) is 5.10 Å². The first-order valence-corrected chi connectivity index (χ1v) is 12.8. The summed E-state index contributed by atoms with van der Waals surface area (Å²) < 4.78 is 2.92. The summed E-state index contributed by atoms with van der Waals surface area (Å²) >= 11 is 12.1. The number of aromatic nitrogens is 2. The van der Waals surface area contributed by atoms with E-state index >= 15 is 0 Å². The van der Waals surface area contributed by atoms with E-state index in [1.807, 2.05) is 40.2 Å². The van der Waals surface area contributed by atoms with E-state index in [1.165, 1.54) is 28.0 Å². The second-order valence-electron chi connectivity index (χ2n) is 7.11. The number of amidine groups is 1. The van der Waals surface area contributed by atoms with E-state index in [-0.39, 0.29) is 24.0 Å². The van der Waals surface area contributed by atoms with Gasteiger partial charge in [-0.1, -0.05) is 51.4 Å².